The van der Waals surface area contributed by atoms with Crippen molar-refractivity contribution in [3.8, 4) is 0 Å². The highest BCUT2D eigenvalue weighted by atomic mass is 15.3. The summed E-state index contributed by atoms with van der Waals surface area (Å²) in [6.07, 6.45) is 6.13. The van der Waals surface area contributed by atoms with Crippen molar-refractivity contribution in [1.82, 2.24) is 14.8 Å². The maximum atomic E-state index is 6.28. The third kappa shape index (κ3) is 1.35. The Morgan fingerprint density at radius 2 is 2.23 bits per heavy atom. The van der Waals surface area contributed by atoms with E-state index in [1.165, 1.54) is 12.8 Å². The summed E-state index contributed by atoms with van der Waals surface area (Å²) in [6, 6.07) is 0. The Kier molecular flexibility index (Phi) is 2.07. The summed E-state index contributed by atoms with van der Waals surface area (Å²) in [6.45, 7) is 2.92. The van der Waals surface area contributed by atoms with Gasteiger partial charge in [0.15, 0.2) is 0 Å². The summed E-state index contributed by atoms with van der Waals surface area (Å²) in [4.78, 5) is 4.27. The van der Waals surface area contributed by atoms with Crippen LogP contribution in [0, 0.1) is 0 Å². The molecule has 1 aromatic heterocycles. The smallest absolute Gasteiger partial charge is 0.146 e. The minimum Gasteiger partial charge on any atom is -0.319 e. The molecule has 0 radical (unpaired) electrons. The number of hydrogen-bond donors (Lipinski definition) is 1. The van der Waals surface area contributed by atoms with E-state index in [1.807, 2.05) is 4.68 Å². The van der Waals surface area contributed by atoms with E-state index in [-0.39, 0.29) is 5.54 Å². The van der Waals surface area contributed by atoms with E-state index in [9.17, 15) is 0 Å². The Labute approximate surface area is 78.1 Å². The van der Waals surface area contributed by atoms with Gasteiger partial charge in [-0.3, -0.25) is 0 Å². The van der Waals surface area contributed by atoms with Gasteiger partial charge >= 0.3 is 0 Å². The van der Waals surface area contributed by atoms with Gasteiger partial charge in [0, 0.05) is 6.54 Å². The van der Waals surface area contributed by atoms with Crippen molar-refractivity contribution in [2.75, 3.05) is 0 Å². The van der Waals surface area contributed by atoms with Crippen LogP contribution in [0.15, 0.2) is 6.33 Å². The zero-order valence-electron chi connectivity index (χ0n) is 8.03. The van der Waals surface area contributed by atoms with Gasteiger partial charge in [-0.25, -0.2) is 9.67 Å². The fraction of sp³-hybridized carbons (Fsp3) is 0.778. The summed E-state index contributed by atoms with van der Waals surface area (Å²) in [7, 11) is 0. The molecule has 72 valence electrons. The van der Waals surface area contributed by atoms with Gasteiger partial charge in [-0.1, -0.05) is 12.8 Å². The molecular weight excluding hydrogens is 164 g/mol. The molecule has 2 rings (SSSR count). The van der Waals surface area contributed by atoms with Crippen molar-refractivity contribution in [3.63, 3.8) is 0 Å². The highest BCUT2D eigenvalue weighted by Gasteiger charge is 2.35. The topological polar surface area (TPSA) is 56.7 Å². The van der Waals surface area contributed by atoms with Gasteiger partial charge in [0.2, 0.25) is 0 Å². The van der Waals surface area contributed by atoms with Crippen LogP contribution in [0.2, 0.25) is 0 Å². The van der Waals surface area contributed by atoms with Crippen LogP contribution in [0.3, 0.4) is 0 Å². The van der Waals surface area contributed by atoms with E-state index in [0.717, 1.165) is 25.2 Å². The van der Waals surface area contributed by atoms with Crippen molar-refractivity contribution in [3.05, 3.63) is 12.2 Å². The molecule has 0 atom stereocenters. The van der Waals surface area contributed by atoms with Gasteiger partial charge in [0.05, 0.1) is 5.54 Å². The summed E-state index contributed by atoms with van der Waals surface area (Å²) in [5.41, 5.74) is 6.08. The summed E-state index contributed by atoms with van der Waals surface area (Å²) < 4.78 is 1.91. The zero-order chi connectivity index (χ0) is 9.31. The number of nitrogens with two attached hydrogens (primary N) is 1. The SMILES string of the molecule is CCn1ncnc1C1(N)CCCC1. The van der Waals surface area contributed by atoms with Crippen LogP contribution in [0.25, 0.3) is 0 Å². The minimum absolute atomic E-state index is 0.202. The molecule has 1 aromatic rings. The van der Waals surface area contributed by atoms with Gasteiger partial charge in [-0.15, -0.1) is 0 Å². The number of rotatable bonds is 2. The normalized spacial score (nSPS) is 20.8. The average molecular weight is 180 g/mol. The van der Waals surface area contributed by atoms with E-state index in [1.54, 1.807) is 6.33 Å². The van der Waals surface area contributed by atoms with Gasteiger partial charge in [-0.2, -0.15) is 5.10 Å². The third-order valence-corrected chi connectivity index (χ3v) is 2.86. The summed E-state index contributed by atoms with van der Waals surface area (Å²) in [5, 5.41) is 4.15. The Bertz CT molecular complexity index is 286. The predicted molar refractivity (Wildman–Crippen MR) is 50.0 cm³/mol. The molecule has 1 heterocycles. The maximum Gasteiger partial charge on any atom is 0.146 e. The number of nitrogens with zero attached hydrogens (tertiary/aromatic N) is 3. The van der Waals surface area contributed by atoms with Crippen LogP contribution in [0.4, 0.5) is 0 Å². The monoisotopic (exact) mass is 180 g/mol. The fourth-order valence-electron chi connectivity index (χ4n) is 2.11. The molecule has 1 fully saturated rings. The highest BCUT2D eigenvalue weighted by Crippen LogP contribution is 2.34. The molecule has 0 unspecified atom stereocenters. The number of hydrogen-bond acceptors (Lipinski definition) is 3. The van der Waals surface area contributed by atoms with Crippen LogP contribution >= 0.6 is 0 Å². The molecule has 1 aliphatic carbocycles. The van der Waals surface area contributed by atoms with Crippen LogP contribution in [0.5, 0.6) is 0 Å². The van der Waals surface area contributed by atoms with Crippen LogP contribution < -0.4 is 5.73 Å². The Balaban J connectivity index is 2.32. The van der Waals surface area contributed by atoms with E-state index in [0.29, 0.717) is 0 Å². The molecule has 13 heavy (non-hydrogen) atoms. The van der Waals surface area contributed by atoms with Gasteiger partial charge in [0.1, 0.15) is 12.2 Å². The summed E-state index contributed by atoms with van der Waals surface area (Å²) >= 11 is 0. The Hall–Kier alpha value is -0.900. The van der Waals surface area contributed by atoms with E-state index < -0.39 is 0 Å². The van der Waals surface area contributed by atoms with E-state index >= 15 is 0 Å². The molecule has 4 heteroatoms. The predicted octanol–water partition coefficient (Wildman–Crippen LogP) is 1.03. The van der Waals surface area contributed by atoms with Crippen LogP contribution in [-0.4, -0.2) is 14.8 Å². The van der Waals surface area contributed by atoms with Crippen molar-refractivity contribution in [1.29, 1.82) is 0 Å². The second-order valence-corrected chi connectivity index (χ2v) is 3.76. The molecule has 0 spiro atoms. The van der Waals surface area contributed by atoms with Crippen LogP contribution in [-0.2, 0) is 12.1 Å². The second kappa shape index (κ2) is 3.10. The van der Waals surface area contributed by atoms with E-state index in [4.69, 9.17) is 5.73 Å². The average Bonchev–Trinajstić information content (AvgIpc) is 2.72. The first kappa shape index (κ1) is 8.69. The van der Waals surface area contributed by atoms with Crippen molar-refractivity contribution in [2.45, 2.75) is 44.7 Å². The molecule has 0 saturated heterocycles. The lowest BCUT2D eigenvalue weighted by atomic mass is 9.98. The molecular formula is C9H16N4. The third-order valence-electron chi connectivity index (χ3n) is 2.86. The molecule has 2 N–H and O–H groups in total. The molecule has 0 aromatic carbocycles. The quantitative estimate of drug-likeness (QED) is 0.739. The molecule has 0 bridgehead atoms. The second-order valence-electron chi connectivity index (χ2n) is 3.76. The van der Waals surface area contributed by atoms with Gasteiger partial charge in [-0.05, 0) is 19.8 Å². The summed E-state index contributed by atoms with van der Waals surface area (Å²) in [5.74, 6) is 0.965. The lowest BCUT2D eigenvalue weighted by Crippen LogP contribution is -2.36. The number of aryl methyl sites for hydroxylation is 1. The Morgan fingerprint density at radius 1 is 1.54 bits per heavy atom. The van der Waals surface area contributed by atoms with Gasteiger partial charge < -0.3 is 5.73 Å². The zero-order valence-corrected chi connectivity index (χ0v) is 8.03. The first-order valence-corrected chi connectivity index (χ1v) is 4.93. The van der Waals surface area contributed by atoms with E-state index in [2.05, 4.69) is 17.0 Å². The van der Waals surface area contributed by atoms with Gasteiger partial charge in [0.25, 0.3) is 0 Å². The van der Waals surface area contributed by atoms with Crippen LogP contribution in [0.1, 0.15) is 38.4 Å². The highest BCUT2D eigenvalue weighted by molar-refractivity contribution is 5.07. The maximum absolute atomic E-state index is 6.28. The number of aromatic nitrogens is 3. The largest absolute Gasteiger partial charge is 0.319 e. The molecule has 1 saturated carbocycles. The van der Waals surface area contributed by atoms with Crippen molar-refractivity contribution in [2.24, 2.45) is 5.73 Å². The molecule has 1 aliphatic rings. The molecule has 0 amide bonds. The minimum atomic E-state index is -0.202. The first-order chi connectivity index (χ1) is 6.26. The molecule has 4 nitrogen and oxygen atoms in total. The standard InChI is InChI=1S/C9H16N4/c1-2-13-8(11-7-12-13)9(10)5-3-4-6-9/h7H,2-6,10H2,1H3. The lowest BCUT2D eigenvalue weighted by molar-refractivity contribution is 0.399. The lowest BCUT2D eigenvalue weighted by Gasteiger charge is -2.22. The van der Waals surface area contributed by atoms with Crippen molar-refractivity contribution >= 4 is 0 Å². The molecule has 0 aliphatic heterocycles. The van der Waals surface area contributed by atoms with Crippen molar-refractivity contribution < 1.29 is 0 Å². The Morgan fingerprint density at radius 3 is 2.85 bits per heavy atom. The first-order valence-electron chi connectivity index (χ1n) is 4.93. The fourth-order valence-corrected chi connectivity index (χ4v) is 2.11.